The van der Waals surface area contributed by atoms with Gasteiger partial charge in [0.15, 0.2) is 11.5 Å². The number of imide groups is 1. The van der Waals surface area contributed by atoms with Crippen LogP contribution in [0.5, 0.6) is 23.0 Å². The first-order valence-electron chi connectivity index (χ1n) is 13.6. The normalized spacial score (nSPS) is 17.4. The molecule has 1 fully saturated rings. The lowest BCUT2D eigenvalue weighted by Gasteiger charge is -2.33. The van der Waals surface area contributed by atoms with Crippen molar-refractivity contribution in [3.05, 3.63) is 82.9 Å². The molecule has 3 aromatic carbocycles. The molecule has 0 aromatic heterocycles. The highest BCUT2D eigenvalue weighted by molar-refractivity contribution is 6.07. The van der Waals surface area contributed by atoms with E-state index in [9.17, 15) is 41.0 Å². The van der Waals surface area contributed by atoms with Crippen LogP contribution in [0.15, 0.2) is 60.7 Å². The zero-order valence-electron chi connectivity index (χ0n) is 24.6. The van der Waals surface area contributed by atoms with Gasteiger partial charge in [0, 0.05) is 5.56 Å². The third kappa shape index (κ3) is 6.10. The number of nitrogens with zero attached hydrogens (tertiary/aromatic N) is 1. The van der Waals surface area contributed by atoms with Crippen molar-refractivity contribution in [1.29, 1.82) is 0 Å². The van der Waals surface area contributed by atoms with E-state index in [0.29, 0.717) is 41.2 Å². The number of hydrogen-bond donors (Lipinski definition) is 2. The highest BCUT2D eigenvalue weighted by Gasteiger charge is 2.71. The van der Waals surface area contributed by atoms with Crippen molar-refractivity contribution in [1.82, 2.24) is 10.2 Å². The number of urea groups is 1. The van der Waals surface area contributed by atoms with Crippen LogP contribution in [0, 0.1) is 0 Å². The van der Waals surface area contributed by atoms with Crippen LogP contribution in [0.25, 0.3) is 0 Å². The van der Waals surface area contributed by atoms with E-state index in [1.165, 1.54) is 26.4 Å². The summed E-state index contributed by atoms with van der Waals surface area (Å²) in [6, 6.07) is 12.4. The molecule has 0 aliphatic carbocycles. The summed E-state index contributed by atoms with van der Waals surface area (Å²) in [5, 5.41) is 12.5. The first kappa shape index (κ1) is 33.4. The first-order valence-corrected chi connectivity index (χ1v) is 13.6. The molecule has 0 bridgehead atoms. The fourth-order valence-corrected chi connectivity index (χ4v) is 5.06. The van der Waals surface area contributed by atoms with Crippen molar-refractivity contribution in [2.45, 2.75) is 56.7 Å². The van der Waals surface area contributed by atoms with Crippen LogP contribution in [0.1, 0.15) is 42.5 Å². The van der Waals surface area contributed by atoms with Crippen LogP contribution in [0.2, 0.25) is 0 Å². The summed E-state index contributed by atoms with van der Waals surface area (Å²) in [5.74, 6) is 0.366. The fraction of sp³-hybridized carbons (Fsp3) is 0.355. The molecule has 0 saturated carbocycles. The third-order valence-electron chi connectivity index (χ3n) is 7.52. The van der Waals surface area contributed by atoms with E-state index in [1.807, 2.05) is 0 Å². The second kappa shape index (κ2) is 12.1. The van der Waals surface area contributed by atoms with Crippen LogP contribution in [-0.4, -0.2) is 48.5 Å². The fourth-order valence-electron chi connectivity index (χ4n) is 5.06. The largest absolute Gasteiger partial charge is 0.493 e. The molecule has 0 spiro atoms. The predicted octanol–water partition coefficient (Wildman–Crippen LogP) is 6.73. The predicted molar refractivity (Wildman–Crippen MR) is 149 cm³/mol. The van der Waals surface area contributed by atoms with E-state index in [-0.39, 0.29) is 30.0 Å². The third-order valence-corrected chi connectivity index (χ3v) is 7.52. The molecule has 1 atom stereocenters. The van der Waals surface area contributed by atoms with Gasteiger partial charge in [-0.25, -0.2) is 4.79 Å². The number of alkyl halides is 6. The van der Waals surface area contributed by atoms with Crippen LogP contribution >= 0.6 is 0 Å². The average molecular weight is 641 g/mol. The van der Waals surface area contributed by atoms with Crippen LogP contribution in [0.4, 0.5) is 31.1 Å². The Labute approximate surface area is 254 Å². The molecular formula is C31H30F6N2O6. The van der Waals surface area contributed by atoms with Crippen LogP contribution in [-0.2, 0) is 28.9 Å². The van der Waals surface area contributed by atoms with Gasteiger partial charge in [-0.15, -0.1) is 0 Å². The van der Waals surface area contributed by atoms with E-state index in [2.05, 4.69) is 5.32 Å². The second-order valence-electron chi connectivity index (χ2n) is 10.5. The Balaban J connectivity index is 1.59. The highest BCUT2D eigenvalue weighted by Crippen LogP contribution is 2.50. The quantitative estimate of drug-likeness (QED) is 0.189. The van der Waals surface area contributed by atoms with Crippen molar-refractivity contribution in [2.75, 3.05) is 14.2 Å². The van der Waals surface area contributed by atoms with Gasteiger partial charge in [-0.2, -0.15) is 26.3 Å². The maximum Gasteiger partial charge on any atom is 0.430 e. The lowest BCUT2D eigenvalue weighted by atomic mass is 9.90. The van der Waals surface area contributed by atoms with E-state index in [1.54, 1.807) is 44.2 Å². The lowest BCUT2D eigenvalue weighted by Crippen LogP contribution is -2.53. The topological polar surface area (TPSA) is 97.3 Å². The standard InChI is InChI=1S/C31H30F6N2O6/c1-5-7-19-15-21(29(42,30(32,33)34)31(35,36)37)11-12-23(19)45-22-9-6-8-18(14-22)17-39-26(40)28(2,38-27(39)41)20-10-13-24(43-3)25(16-20)44-4/h6,8-16,42H,5,7,17H2,1-4H3,(H,38,41). The summed E-state index contributed by atoms with van der Waals surface area (Å²) in [4.78, 5) is 27.4. The molecule has 4 rings (SSSR count). The minimum absolute atomic E-state index is 0.00659. The Kier molecular flexibility index (Phi) is 9.02. The van der Waals surface area contributed by atoms with Crippen LogP contribution in [0.3, 0.4) is 0 Å². The van der Waals surface area contributed by atoms with Gasteiger partial charge < -0.3 is 24.6 Å². The number of carbonyl (C=O) groups is 2. The van der Waals surface area contributed by atoms with Gasteiger partial charge in [0.2, 0.25) is 0 Å². The molecule has 0 radical (unpaired) electrons. The Morgan fingerprint density at radius 3 is 2.11 bits per heavy atom. The zero-order valence-corrected chi connectivity index (χ0v) is 24.6. The molecule has 3 aromatic rings. The number of rotatable bonds is 10. The van der Waals surface area contributed by atoms with Gasteiger partial charge in [0.25, 0.3) is 11.5 Å². The molecule has 1 heterocycles. The Morgan fingerprint density at radius 2 is 1.51 bits per heavy atom. The molecule has 3 amide bonds. The number of benzene rings is 3. The summed E-state index contributed by atoms with van der Waals surface area (Å²) in [7, 11) is 2.90. The van der Waals surface area contributed by atoms with E-state index in [4.69, 9.17) is 14.2 Å². The first-order chi connectivity index (χ1) is 21.0. The van der Waals surface area contributed by atoms with Gasteiger partial charge in [-0.3, -0.25) is 9.69 Å². The summed E-state index contributed by atoms with van der Waals surface area (Å²) >= 11 is 0. The van der Waals surface area contributed by atoms with E-state index in [0.717, 1.165) is 11.0 Å². The maximum atomic E-state index is 13.5. The summed E-state index contributed by atoms with van der Waals surface area (Å²) in [5.41, 5.74) is -6.97. The molecular weight excluding hydrogens is 610 g/mol. The molecule has 1 aliphatic heterocycles. The highest BCUT2D eigenvalue weighted by atomic mass is 19.4. The van der Waals surface area contributed by atoms with Gasteiger partial charge >= 0.3 is 18.4 Å². The Morgan fingerprint density at radius 1 is 0.867 bits per heavy atom. The molecule has 2 N–H and O–H groups in total. The summed E-state index contributed by atoms with van der Waals surface area (Å²) in [6.07, 6.45) is -11.7. The average Bonchev–Trinajstić information content (AvgIpc) is 3.20. The molecule has 8 nitrogen and oxygen atoms in total. The number of aliphatic hydroxyl groups is 1. The lowest BCUT2D eigenvalue weighted by molar-refractivity contribution is -0.376. The second-order valence-corrected chi connectivity index (χ2v) is 10.5. The number of hydrogen-bond acceptors (Lipinski definition) is 6. The number of amides is 3. The molecule has 45 heavy (non-hydrogen) atoms. The minimum Gasteiger partial charge on any atom is -0.493 e. The molecule has 1 aliphatic rings. The van der Waals surface area contributed by atoms with E-state index < -0.39 is 41.0 Å². The molecule has 1 saturated heterocycles. The van der Waals surface area contributed by atoms with E-state index >= 15 is 0 Å². The van der Waals surface area contributed by atoms with Gasteiger partial charge in [-0.05, 0) is 66.4 Å². The molecule has 1 unspecified atom stereocenters. The number of nitrogens with one attached hydrogen (secondary N) is 1. The number of aryl methyl sites for hydroxylation is 1. The number of halogens is 6. The van der Waals surface area contributed by atoms with Crippen molar-refractivity contribution in [2.24, 2.45) is 0 Å². The molecule has 242 valence electrons. The van der Waals surface area contributed by atoms with Crippen molar-refractivity contribution in [3.8, 4) is 23.0 Å². The smallest absolute Gasteiger partial charge is 0.430 e. The van der Waals surface area contributed by atoms with Gasteiger partial charge in [-0.1, -0.05) is 37.6 Å². The van der Waals surface area contributed by atoms with Crippen LogP contribution < -0.4 is 19.5 Å². The Hall–Kier alpha value is -4.46. The van der Waals surface area contributed by atoms with Gasteiger partial charge in [0.1, 0.15) is 17.0 Å². The number of carbonyl (C=O) groups excluding carboxylic acids is 2. The maximum absolute atomic E-state index is 13.5. The van der Waals surface area contributed by atoms with Crippen molar-refractivity contribution >= 4 is 11.9 Å². The summed E-state index contributed by atoms with van der Waals surface area (Å²) in [6.45, 7) is 3.05. The summed E-state index contributed by atoms with van der Waals surface area (Å²) < 4.78 is 97.1. The van der Waals surface area contributed by atoms with Crippen molar-refractivity contribution in [3.63, 3.8) is 0 Å². The number of ether oxygens (including phenoxy) is 3. The number of methoxy groups -OCH3 is 2. The monoisotopic (exact) mass is 640 g/mol. The SMILES string of the molecule is CCCc1cc(C(O)(C(F)(F)F)C(F)(F)F)ccc1Oc1cccc(CN2C(=O)NC(C)(c3ccc(OC)c(OC)c3)C2=O)c1. The van der Waals surface area contributed by atoms with Gasteiger partial charge in [0.05, 0.1) is 20.8 Å². The van der Waals surface area contributed by atoms with Crippen molar-refractivity contribution < 1.29 is 55.2 Å². The minimum atomic E-state index is -6.03. The molecule has 14 heteroatoms. The zero-order chi connectivity index (χ0) is 33.4. The Bertz CT molecular complexity index is 1580.